The summed E-state index contributed by atoms with van der Waals surface area (Å²) < 4.78 is 9.14. The van der Waals surface area contributed by atoms with Crippen LogP contribution >= 0.6 is 11.3 Å². The summed E-state index contributed by atoms with van der Waals surface area (Å²) in [5, 5.41) is 7.35. The largest absolute Gasteiger partial charge is 0.455 e. The predicted octanol–water partition coefficient (Wildman–Crippen LogP) is 12.2. The van der Waals surface area contributed by atoms with E-state index < -0.39 is 0 Å². The van der Waals surface area contributed by atoms with Gasteiger partial charge in [0.2, 0.25) is 0 Å². The molecule has 0 amide bonds. The number of hydrogen-bond acceptors (Lipinski definition) is 3. The smallest absolute Gasteiger partial charge is 0.143 e. The maximum Gasteiger partial charge on any atom is 0.143 e. The molecule has 0 N–H and O–H groups in total. The number of para-hydroxylation sites is 2. The maximum absolute atomic E-state index is 6.52. The summed E-state index contributed by atoms with van der Waals surface area (Å²) in [6.07, 6.45) is 0. The zero-order chi connectivity index (χ0) is 28.3. The summed E-state index contributed by atoms with van der Waals surface area (Å²) in [5.74, 6) is 0. The van der Waals surface area contributed by atoms with Gasteiger partial charge in [-0.3, -0.25) is 0 Å². The first-order valence-corrected chi connectivity index (χ1v) is 15.3. The van der Waals surface area contributed by atoms with Crippen molar-refractivity contribution in [3.8, 4) is 11.1 Å². The number of fused-ring (bicyclic) bond motifs is 8. The molecule has 9 rings (SSSR count). The molecule has 0 aliphatic carbocycles. The van der Waals surface area contributed by atoms with E-state index >= 15 is 0 Å². The van der Waals surface area contributed by atoms with Gasteiger partial charge >= 0.3 is 0 Å². The molecule has 0 saturated carbocycles. The van der Waals surface area contributed by atoms with Crippen LogP contribution in [0.5, 0.6) is 0 Å². The van der Waals surface area contributed by atoms with Gasteiger partial charge in [-0.15, -0.1) is 11.3 Å². The number of hydrogen-bond donors (Lipinski definition) is 0. The SMILES string of the molecule is c1ccc(N(c2ccc(-c3cc4ccccc4c4c3oc3ccccc34)cc2)c2ccc3sc4ccccc4c3c2)cc1. The molecule has 0 bridgehead atoms. The van der Waals surface area contributed by atoms with Gasteiger partial charge in [0.05, 0.1) is 0 Å². The zero-order valence-corrected chi connectivity index (χ0v) is 24.0. The molecule has 0 atom stereocenters. The van der Waals surface area contributed by atoms with E-state index in [0.717, 1.165) is 44.7 Å². The second-order valence-corrected chi connectivity index (χ2v) is 12.0. The molecule has 0 aliphatic rings. The summed E-state index contributed by atoms with van der Waals surface area (Å²) >= 11 is 1.85. The molecule has 43 heavy (non-hydrogen) atoms. The fourth-order valence-electron chi connectivity index (χ4n) is 6.46. The number of thiophene rings is 1. The maximum atomic E-state index is 6.52. The van der Waals surface area contributed by atoms with Crippen LogP contribution in [-0.2, 0) is 0 Å². The minimum Gasteiger partial charge on any atom is -0.455 e. The van der Waals surface area contributed by atoms with Crippen molar-refractivity contribution in [1.82, 2.24) is 0 Å². The minimum atomic E-state index is 0.915. The third-order valence-electron chi connectivity index (χ3n) is 8.44. The molecule has 2 aromatic heterocycles. The normalized spacial score (nSPS) is 11.7. The Hall–Kier alpha value is -5.38. The van der Waals surface area contributed by atoms with Crippen LogP contribution in [0, 0.1) is 0 Å². The number of nitrogens with zero attached hydrogens (tertiary/aromatic N) is 1. The first-order chi connectivity index (χ1) is 21.3. The quantitative estimate of drug-likeness (QED) is 0.210. The Bertz CT molecular complexity index is 2450. The molecular weight excluding hydrogens is 543 g/mol. The molecule has 0 unspecified atom stereocenters. The van der Waals surface area contributed by atoms with Gasteiger partial charge in [0.25, 0.3) is 0 Å². The molecule has 202 valence electrons. The van der Waals surface area contributed by atoms with Gasteiger partial charge in [0, 0.05) is 53.6 Å². The highest BCUT2D eigenvalue weighted by Crippen LogP contribution is 2.43. The average molecular weight is 568 g/mol. The summed E-state index contributed by atoms with van der Waals surface area (Å²) in [4.78, 5) is 2.34. The van der Waals surface area contributed by atoms with Crippen LogP contribution in [0.3, 0.4) is 0 Å². The van der Waals surface area contributed by atoms with E-state index in [2.05, 4.69) is 150 Å². The van der Waals surface area contributed by atoms with Crippen LogP contribution in [0.25, 0.3) is 64.0 Å². The Kier molecular flexibility index (Phi) is 5.40. The minimum absolute atomic E-state index is 0.915. The fourth-order valence-corrected chi connectivity index (χ4v) is 7.54. The van der Waals surface area contributed by atoms with Crippen molar-refractivity contribution >= 4 is 81.3 Å². The molecule has 0 saturated heterocycles. The van der Waals surface area contributed by atoms with Crippen molar-refractivity contribution < 1.29 is 4.42 Å². The van der Waals surface area contributed by atoms with Crippen LogP contribution < -0.4 is 4.90 Å². The second kappa shape index (κ2) is 9.59. The molecule has 2 heterocycles. The van der Waals surface area contributed by atoms with E-state index in [0.29, 0.717) is 0 Å². The van der Waals surface area contributed by atoms with E-state index in [9.17, 15) is 0 Å². The van der Waals surface area contributed by atoms with E-state index in [1.165, 1.54) is 36.3 Å². The lowest BCUT2D eigenvalue weighted by atomic mass is 9.96. The second-order valence-electron chi connectivity index (χ2n) is 10.9. The molecule has 9 aromatic rings. The third-order valence-corrected chi connectivity index (χ3v) is 9.59. The van der Waals surface area contributed by atoms with E-state index in [1.807, 2.05) is 17.4 Å². The Morgan fingerprint density at radius 3 is 1.98 bits per heavy atom. The van der Waals surface area contributed by atoms with Crippen LogP contribution in [-0.4, -0.2) is 0 Å². The van der Waals surface area contributed by atoms with Crippen molar-refractivity contribution in [3.63, 3.8) is 0 Å². The lowest BCUT2D eigenvalue weighted by Gasteiger charge is -2.26. The van der Waals surface area contributed by atoms with Crippen LogP contribution in [0.1, 0.15) is 0 Å². The summed E-state index contributed by atoms with van der Waals surface area (Å²) in [6, 6.07) is 54.2. The Labute approximate surface area is 252 Å². The molecule has 7 aromatic carbocycles. The molecular formula is C40H25NOS. The Balaban J connectivity index is 1.21. The molecule has 0 aliphatic heterocycles. The molecule has 0 fully saturated rings. The van der Waals surface area contributed by atoms with Gasteiger partial charge in [-0.25, -0.2) is 0 Å². The van der Waals surface area contributed by atoms with E-state index in [-0.39, 0.29) is 0 Å². The Morgan fingerprint density at radius 1 is 0.465 bits per heavy atom. The van der Waals surface area contributed by atoms with E-state index in [4.69, 9.17) is 4.42 Å². The highest BCUT2D eigenvalue weighted by molar-refractivity contribution is 7.25. The van der Waals surface area contributed by atoms with Crippen LogP contribution in [0.4, 0.5) is 17.1 Å². The third kappa shape index (κ3) is 3.86. The van der Waals surface area contributed by atoms with Crippen LogP contribution in [0.2, 0.25) is 0 Å². The molecule has 3 heteroatoms. The number of benzene rings is 7. The highest BCUT2D eigenvalue weighted by atomic mass is 32.1. The summed E-state index contributed by atoms with van der Waals surface area (Å²) in [7, 11) is 0. The predicted molar refractivity (Wildman–Crippen MR) is 184 cm³/mol. The van der Waals surface area contributed by atoms with Gasteiger partial charge in [-0.1, -0.05) is 91.0 Å². The van der Waals surface area contributed by atoms with Crippen molar-refractivity contribution in [2.45, 2.75) is 0 Å². The standard InChI is InChI=1S/C40H25NOS/c1-2-11-28(12-3-1)41(30-22-23-38-35(25-30)32-14-7-9-17-37(32)43-38)29-20-18-26(19-21-29)34-24-27-10-4-5-13-31(27)39-33-15-6-8-16-36(33)42-40(34)39/h1-25H. The van der Waals surface area contributed by atoms with Gasteiger partial charge in [0.1, 0.15) is 11.2 Å². The van der Waals surface area contributed by atoms with Crippen molar-refractivity contribution in [2.75, 3.05) is 4.90 Å². The van der Waals surface area contributed by atoms with Crippen LogP contribution in [0.15, 0.2) is 156 Å². The molecule has 0 radical (unpaired) electrons. The van der Waals surface area contributed by atoms with Gasteiger partial charge in [-0.2, -0.15) is 0 Å². The van der Waals surface area contributed by atoms with Crippen molar-refractivity contribution in [2.24, 2.45) is 0 Å². The number of furan rings is 1. The van der Waals surface area contributed by atoms with Gasteiger partial charge in [-0.05, 0) is 77.0 Å². The summed E-state index contributed by atoms with van der Waals surface area (Å²) in [5.41, 5.74) is 7.45. The van der Waals surface area contributed by atoms with Gasteiger partial charge < -0.3 is 9.32 Å². The lowest BCUT2D eigenvalue weighted by molar-refractivity contribution is 0.670. The van der Waals surface area contributed by atoms with E-state index in [1.54, 1.807) is 0 Å². The van der Waals surface area contributed by atoms with Gasteiger partial charge in [0.15, 0.2) is 0 Å². The van der Waals surface area contributed by atoms with Crippen molar-refractivity contribution in [1.29, 1.82) is 0 Å². The average Bonchev–Trinajstić information content (AvgIpc) is 3.64. The first-order valence-electron chi connectivity index (χ1n) is 14.5. The lowest BCUT2D eigenvalue weighted by Crippen LogP contribution is -2.09. The summed E-state index contributed by atoms with van der Waals surface area (Å²) in [6.45, 7) is 0. The molecule has 2 nitrogen and oxygen atoms in total. The highest BCUT2D eigenvalue weighted by Gasteiger charge is 2.18. The first kappa shape index (κ1) is 24.2. The number of anilines is 3. The topological polar surface area (TPSA) is 16.4 Å². The fraction of sp³-hybridized carbons (Fsp3) is 0. The zero-order valence-electron chi connectivity index (χ0n) is 23.2. The Morgan fingerprint density at radius 2 is 1.12 bits per heavy atom. The van der Waals surface area contributed by atoms with Crippen molar-refractivity contribution in [3.05, 3.63) is 152 Å². The molecule has 0 spiro atoms. The number of rotatable bonds is 4. The monoisotopic (exact) mass is 567 g/mol.